The van der Waals surface area contributed by atoms with Crippen molar-refractivity contribution in [3.05, 3.63) is 24.3 Å². The third kappa shape index (κ3) is 3.22. The zero-order chi connectivity index (χ0) is 15.7. The molecule has 114 valence electrons. The Morgan fingerprint density at radius 2 is 1.95 bits per heavy atom. The maximum Gasteiger partial charge on any atom is 0.244 e. The maximum atomic E-state index is 12.5. The lowest BCUT2D eigenvalue weighted by atomic mass is 10.3. The molecule has 1 aliphatic rings. The highest BCUT2D eigenvalue weighted by Crippen LogP contribution is 2.21. The molecule has 0 aliphatic carbocycles. The molecule has 0 saturated carbocycles. The number of sulfonamides is 2. The molecule has 0 bridgehead atoms. The van der Waals surface area contributed by atoms with Gasteiger partial charge in [-0.05, 0) is 18.2 Å². The van der Waals surface area contributed by atoms with Gasteiger partial charge in [-0.1, -0.05) is 6.07 Å². The summed E-state index contributed by atoms with van der Waals surface area (Å²) >= 11 is 0. The fraction of sp³-hybridized carbons (Fsp3) is 0.364. The number of rotatable bonds is 3. The first-order chi connectivity index (χ1) is 9.76. The minimum absolute atomic E-state index is 0.139. The highest BCUT2D eigenvalue weighted by atomic mass is 32.2. The van der Waals surface area contributed by atoms with Crippen LogP contribution < -0.4 is 10.5 Å². The van der Waals surface area contributed by atoms with Crippen molar-refractivity contribution < 1.29 is 16.8 Å². The van der Waals surface area contributed by atoms with E-state index in [0.717, 1.165) is 10.4 Å². The average Bonchev–Trinajstić information content (AvgIpc) is 2.46. The van der Waals surface area contributed by atoms with Gasteiger partial charge < -0.3 is 5.32 Å². The van der Waals surface area contributed by atoms with Crippen LogP contribution in [-0.4, -0.2) is 46.8 Å². The predicted molar refractivity (Wildman–Crippen MR) is 74.0 cm³/mol. The Labute approximate surface area is 123 Å². The van der Waals surface area contributed by atoms with E-state index in [-0.39, 0.29) is 22.9 Å². The third-order valence-electron chi connectivity index (χ3n) is 3.08. The first-order valence-electron chi connectivity index (χ1n) is 6.02. The molecule has 8 nitrogen and oxygen atoms in total. The zero-order valence-electron chi connectivity index (χ0n) is 10.9. The average molecular weight is 330 g/mol. The summed E-state index contributed by atoms with van der Waals surface area (Å²) in [6.07, 6.45) is 0. The number of primary sulfonamides is 1. The first-order valence-corrected chi connectivity index (χ1v) is 9.00. The van der Waals surface area contributed by atoms with Gasteiger partial charge in [0.1, 0.15) is 6.04 Å². The van der Waals surface area contributed by atoms with Gasteiger partial charge in [0.2, 0.25) is 20.0 Å². The highest BCUT2D eigenvalue weighted by molar-refractivity contribution is 7.90. The van der Waals surface area contributed by atoms with Gasteiger partial charge in [-0.2, -0.15) is 9.57 Å². The molecular weight excluding hydrogens is 316 g/mol. The summed E-state index contributed by atoms with van der Waals surface area (Å²) in [5.41, 5.74) is 0. The molecule has 0 spiro atoms. The van der Waals surface area contributed by atoms with E-state index in [1.54, 1.807) is 0 Å². The van der Waals surface area contributed by atoms with Crippen molar-refractivity contribution in [3.8, 4) is 6.07 Å². The van der Waals surface area contributed by atoms with Crippen LogP contribution in [0.4, 0.5) is 0 Å². The van der Waals surface area contributed by atoms with Crippen molar-refractivity contribution in [3.63, 3.8) is 0 Å². The number of hydrogen-bond acceptors (Lipinski definition) is 6. The van der Waals surface area contributed by atoms with E-state index in [1.165, 1.54) is 18.2 Å². The molecule has 21 heavy (non-hydrogen) atoms. The van der Waals surface area contributed by atoms with E-state index in [2.05, 4.69) is 5.32 Å². The molecule has 1 heterocycles. The highest BCUT2D eigenvalue weighted by Gasteiger charge is 2.33. The maximum absolute atomic E-state index is 12.5. The van der Waals surface area contributed by atoms with Crippen LogP contribution in [0.1, 0.15) is 0 Å². The van der Waals surface area contributed by atoms with Crippen LogP contribution in [0, 0.1) is 11.3 Å². The number of hydrogen-bond donors (Lipinski definition) is 2. The third-order valence-corrected chi connectivity index (χ3v) is 5.90. The molecule has 2 rings (SSSR count). The molecule has 0 aromatic heterocycles. The van der Waals surface area contributed by atoms with Gasteiger partial charge in [-0.25, -0.2) is 22.0 Å². The summed E-state index contributed by atoms with van der Waals surface area (Å²) in [6, 6.07) is 5.88. The second kappa shape index (κ2) is 5.70. The molecule has 1 aliphatic heterocycles. The first kappa shape index (κ1) is 15.9. The van der Waals surface area contributed by atoms with Crippen LogP contribution >= 0.6 is 0 Å². The normalized spacial score (nSPS) is 20.9. The van der Waals surface area contributed by atoms with E-state index in [4.69, 9.17) is 10.4 Å². The lowest BCUT2D eigenvalue weighted by Crippen LogP contribution is -2.52. The van der Waals surface area contributed by atoms with Crippen LogP contribution in [0.5, 0.6) is 0 Å². The SMILES string of the molecule is N#CC1CNCCN1S(=O)(=O)c1cccc(S(N)(=O)=O)c1. The summed E-state index contributed by atoms with van der Waals surface area (Å²) in [5, 5.41) is 17.0. The van der Waals surface area contributed by atoms with Gasteiger partial charge in [-0.3, -0.25) is 0 Å². The zero-order valence-corrected chi connectivity index (χ0v) is 12.6. The van der Waals surface area contributed by atoms with Gasteiger partial charge in [0.05, 0.1) is 15.9 Å². The summed E-state index contributed by atoms with van der Waals surface area (Å²) in [4.78, 5) is -0.483. The number of piperazine rings is 1. The fourth-order valence-electron chi connectivity index (χ4n) is 2.03. The molecule has 1 saturated heterocycles. The van der Waals surface area contributed by atoms with Crippen LogP contribution in [0.15, 0.2) is 34.1 Å². The van der Waals surface area contributed by atoms with E-state index in [0.29, 0.717) is 6.54 Å². The predicted octanol–water partition coefficient (Wildman–Crippen LogP) is -1.18. The number of nitrogens with one attached hydrogen (secondary N) is 1. The van der Waals surface area contributed by atoms with Crippen LogP contribution in [0.25, 0.3) is 0 Å². The van der Waals surface area contributed by atoms with Gasteiger partial charge >= 0.3 is 0 Å². The lowest BCUT2D eigenvalue weighted by molar-refractivity contribution is 0.312. The van der Waals surface area contributed by atoms with Crippen molar-refractivity contribution in [1.29, 1.82) is 5.26 Å². The molecule has 0 amide bonds. The molecule has 1 unspecified atom stereocenters. The van der Waals surface area contributed by atoms with Crippen LogP contribution in [0.3, 0.4) is 0 Å². The minimum atomic E-state index is -4.00. The van der Waals surface area contributed by atoms with Gasteiger partial charge in [0.25, 0.3) is 0 Å². The molecule has 3 N–H and O–H groups in total. The summed E-state index contributed by atoms with van der Waals surface area (Å²) in [6.45, 7) is 0.789. The fourth-order valence-corrected chi connectivity index (χ4v) is 4.25. The van der Waals surface area contributed by atoms with Crippen molar-refractivity contribution >= 4 is 20.0 Å². The Kier molecular flexibility index (Phi) is 4.31. The van der Waals surface area contributed by atoms with Crippen LogP contribution in [0.2, 0.25) is 0 Å². The lowest BCUT2D eigenvalue weighted by Gasteiger charge is -2.30. The molecule has 1 aromatic rings. The van der Waals surface area contributed by atoms with Gasteiger partial charge in [0.15, 0.2) is 0 Å². The molecular formula is C11H14N4O4S2. The summed E-state index contributed by atoms with van der Waals surface area (Å²) < 4.78 is 48.8. The summed E-state index contributed by atoms with van der Waals surface area (Å²) in [7, 11) is -7.95. The smallest absolute Gasteiger partial charge is 0.244 e. The molecule has 1 atom stereocenters. The van der Waals surface area contributed by atoms with E-state index in [9.17, 15) is 16.8 Å². The van der Waals surface area contributed by atoms with E-state index < -0.39 is 26.1 Å². The Balaban J connectivity index is 2.47. The summed E-state index contributed by atoms with van der Waals surface area (Å²) in [5.74, 6) is 0. The molecule has 1 fully saturated rings. The standard InChI is InChI=1S/C11H14N4O4S2/c12-7-9-8-14-4-5-15(9)21(18,19)11-3-1-2-10(6-11)20(13,16)17/h1-3,6,9,14H,4-5,8H2,(H2,13,16,17). The molecule has 1 aromatic carbocycles. The van der Waals surface area contributed by atoms with Crippen molar-refractivity contribution in [2.75, 3.05) is 19.6 Å². The van der Waals surface area contributed by atoms with Gasteiger partial charge in [0, 0.05) is 19.6 Å². The minimum Gasteiger partial charge on any atom is -0.313 e. The molecule has 0 radical (unpaired) electrons. The Bertz CT molecular complexity index is 783. The quantitative estimate of drug-likeness (QED) is 0.716. The van der Waals surface area contributed by atoms with Crippen molar-refractivity contribution in [2.45, 2.75) is 15.8 Å². The number of nitriles is 1. The second-order valence-corrected chi connectivity index (χ2v) is 7.94. The van der Waals surface area contributed by atoms with Crippen molar-refractivity contribution in [2.24, 2.45) is 5.14 Å². The second-order valence-electron chi connectivity index (χ2n) is 4.48. The van der Waals surface area contributed by atoms with E-state index in [1.807, 2.05) is 6.07 Å². The number of nitrogens with two attached hydrogens (primary N) is 1. The largest absolute Gasteiger partial charge is 0.313 e. The Morgan fingerprint density at radius 3 is 2.57 bits per heavy atom. The van der Waals surface area contributed by atoms with Gasteiger partial charge in [-0.15, -0.1) is 0 Å². The Hall–Kier alpha value is -1.51. The topological polar surface area (TPSA) is 133 Å². The number of nitrogens with zero attached hydrogens (tertiary/aromatic N) is 2. The van der Waals surface area contributed by atoms with Crippen molar-refractivity contribution in [1.82, 2.24) is 9.62 Å². The Morgan fingerprint density at radius 1 is 1.29 bits per heavy atom. The monoisotopic (exact) mass is 330 g/mol. The number of benzene rings is 1. The van der Waals surface area contributed by atoms with E-state index >= 15 is 0 Å². The van der Waals surface area contributed by atoms with Crippen LogP contribution in [-0.2, 0) is 20.0 Å². The molecule has 10 heteroatoms.